The molecule has 4 heterocycles. The Labute approximate surface area is 232 Å². The van der Waals surface area contributed by atoms with E-state index in [-0.39, 0.29) is 27.1 Å². The second-order valence-corrected chi connectivity index (χ2v) is 12.1. The number of hydrogen-bond donors (Lipinski definition) is 1. The van der Waals surface area contributed by atoms with Crippen molar-refractivity contribution in [3.05, 3.63) is 91.5 Å². The molecule has 6 nitrogen and oxygen atoms in total. The van der Waals surface area contributed by atoms with Crippen LogP contribution in [0.15, 0.2) is 64.3 Å². The molecule has 0 spiro atoms. The van der Waals surface area contributed by atoms with Crippen LogP contribution in [0.2, 0.25) is 0 Å². The van der Waals surface area contributed by atoms with Crippen molar-refractivity contribution in [1.82, 2.24) is 10.3 Å². The van der Waals surface area contributed by atoms with Crippen LogP contribution in [-0.2, 0) is 16.8 Å². The van der Waals surface area contributed by atoms with Crippen LogP contribution in [0.1, 0.15) is 34.8 Å². The molecule has 1 atom stereocenters. The molecule has 3 aliphatic heterocycles. The van der Waals surface area contributed by atoms with Crippen molar-refractivity contribution in [2.24, 2.45) is 0 Å². The maximum atomic E-state index is 13.1. The quantitative estimate of drug-likeness (QED) is 0.416. The number of nitriles is 1. The maximum absolute atomic E-state index is 13.1. The Hall–Kier alpha value is -3.48. The summed E-state index contributed by atoms with van der Waals surface area (Å²) in [6.07, 6.45) is 3.36. The van der Waals surface area contributed by atoms with Crippen molar-refractivity contribution < 1.29 is 30.7 Å². The number of aromatic nitrogens is 1. The predicted octanol–water partition coefficient (Wildman–Crippen LogP) is 0.205. The topological polar surface area (TPSA) is 78.2 Å². The fourth-order valence-electron chi connectivity index (χ4n) is 4.93. The SMILES string of the molecule is C[C@@]1(C#N)COCc2ccc(C(=O)NCC3=C[I-]C=c4ccc(-c5ccc(N6CCC6)cc5)nc4=C3)cc21. The van der Waals surface area contributed by atoms with E-state index in [2.05, 4.69) is 66.9 Å². The zero-order valence-electron chi connectivity index (χ0n) is 21.2. The Kier molecular flexibility index (Phi) is 6.76. The van der Waals surface area contributed by atoms with Crippen LogP contribution < -0.4 is 42.0 Å². The number of rotatable bonds is 5. The summed E-state index contributed by atoms with van der Waals surface area (Å²) < 4.78 is 10.1. The van der Waals surface area contributed by atoms with E-state index in [4.69, 9.17) is 9.72 Å². The molecule has 38 heavy (non-hydrogen) atoms. The first-order chi connectivity index (χ1) is 18.5. The van der Waals surface area contributed by atoms with Gasteiger partial charge in [0.25, 0.3) is 0 Å². The van der Waals surface area contributed by atoms with Crippen LogP contribution >= 0.6 is 0 Å². The summed E-state index contributed by atoms with van der Waals surface area (Å²) in [6, 6.07) is 20.8. The second kappa shape index (κ2) is 10.4. The zero-order valence-corrected chi connectivity index (χ0v) is 23.4. The summed E-state index contributed by atoms with van der Waals surface area (Å²) in [5, 5.41) is 14.8. The van der Waals surface area contributed by atoms with Gasteiger partial charge in [-0.1, -0.05) is 0 Å². The normalized spacial score (nSPS) is 20.0. The number of nitrogens with zero attached hydrogens (tertiary/aromatic N) is 3. The van der Waals surface area contributed by atoms with Crippen LogP contribution in [0.3, 0.4) is 0 Å². The predicted molar refractivity (Wildman–Crippen MR) is 144 cm³/mol. The number of pyridine rings is 1. The van der Waals surface area contributed by atoms with Gasteiger partial charge in [-0.3, -0.25) is 0 Å². The van der Waals surface area contributed by atoms with Gasteiger partial charge < -0.3 is 0 Å². The Bertz CT molecular complexity index is 1600. The average Bonchev–Trinajstić information content (AvgIpc) is 3.12. The summed E-state index contributed by atoms with van der Waals surface area (Å²) in [7, 11) is 0. The number of hydrogen-bond acceptors (Lipinski definition) is 5. The number of carbonyl (C=O) groups is 1. The van der Waals surface area contributed by atoms with Crippen molar-refractivity contribution in [2.75, 3.05) is 31.1 Å². The summed E-state index contributed by atoms with van der Waals surface area (Å²) >= 11 is -0.290. The summed E-state index contributed by atoms with van der Waals surface area (Å²) in [6.45, 7) is 5.36. The third-order valence-electron chi connectivity index (χ3n) is 7.36. The molecule has 192 valence electrons. The molecule has 3 aromatic rings. The van der Waals surface area contributed by atoms with Crippen LogP contribution in [-0.4, -0.2) is 37.1 Å². The van der Waals surface area contributed by atoms with Crippen LogP contribution in [0.25, 0.3) is 21.4 Å². The van der Waals surface area contributed by atoms with E-state index in [0.29, 0.717) is 25.3 Å². The van der Waals surface area contributed by atoms with E-state index in [9.17, 15) is 10.1 Å². The van der Waals surface area contributed by atoms with Crippen molar-refractivity contribution in [3.8, 4) is 17.3 Å². The number of benzene rings is 2. The second-order valence-electron chi connectivity index (χ2n) is 10.1. The fraction of sp³-hybridized carbons (Fsp3) is 0.258. The third-order valence-corrected chi connectivity index (χ3v) is 9.55. The van der Waals surface area contributed by atoms with Crippen molar-refractivity contribution in [1.29, 1.82) is 5.26 Å². The molecule has 0 saturated carbocycles. The van der Waals surface area contributed by atoms with E-state index in [1.807, 2.05) is 25.1 Å². The standard InChI is InChI=1S/C31H28IN4O2/c1-31(19-33)20-38-18-25-4-3-23(14-27(25)31)30(37)34-17-21-13-29-24(16-32-15-21)7-10-28(35-29)22-5-8-26(9-6-22)36-11-2-12-36/h3-10,13-16H,2,11-12,17-18,20H2,1H3,(H,34,37)/q-1/t31-/m1/s1. The molecule has 0 unspecified atom stereocenters. The Morgan fingerprint density at radius 3 is 2.76 bits per heavy atom. The minimum absolute atomic E-state index is 0.149. The van der Waals surface area contributed by atoms with Gasteiger partial charge in [0.15, 0.2) is 0 Å². The molecule has 1 N–H and O–H groups in total. The van der Waals surface area contributed by atoms with Crippen molar-refractivity contribution in [3.63, 3.8) is 0 Å². The van der Waals surface area contributed by atoms with Gasteiger partial charge in [0.1, 0.15) is 0 Å². The molecule has 1 aromatic heterocycles. The fourth-order valence-corrected chi connectivity index (χ4v) is 6.88. The molecule has 6 rings (SSSR count). The molecule has 7 heteroatoms. The van der Waals surface area contributed by atoms with Gasteiger partial charge in [-0.25, -0.2) is 0 Å². The first-order valence-corrected chi connectivity index (χ1v) is 15.3. The molecule has 1 fully saturated rings. The Balaban J connectivity index is 1.19. The number of nitrogens with one attached hydrogen (secondary N) is 1. The molecule has 1 amide bonds. The van der Waals surface area contributed by atoms with Crippen LogP contribution in [0.5, 0.6) is 0 Å². The van der Waals surface area contributed by atoms with E-state index in [1.165, 1.54) is 12.1 Å². The van der Waals surface area contributed by atoms with Gasteiger partial charge in [0.05, 0.1) is 0 Å². The summed E-state index contributed by atoms with van der Waals surface area (Å²) in [4.78, 5) is 20.4. The molecule has 3 aliphatic rings. The molecule has 2 aromatic carbocycles. The van der Waals surface area contributed by atoms with Gasteiger partial charge in [-0.15, -0.1) is 0 Å². The molecular weight excluding hydrogens is 587 g/mol. The van der Waals surface area contributed by atoms with E-state index >= 15 is 0 Å². The van der Waals surface area contributed by atoms with Crippen molar-refractivity contribution >= 4 is 21.8 Å². The third kappa shape index (κ3) is 4.86. The number of amides is 1. The average molecular weight is 615 g/mol. The number of ether oxygens (including phenoxy) is 1. The Morgan fingerprint density at radius 2 is 2.00 bits per heavy atom. The van der Waals surface area contributed by atoms with Gasteiger partial charge in [-0.2, -0.15) is 0 Å². The monoisotopic (exact) mass is 615 g/mol. The zero-order chi connectivity index (χ0) is 26.1. The van der Waals surface area contributed by atoms with Gasteiger partial charge in [0.2, 0.25) is 0 Å². The first-order valence-electron chi connectivity index (χ1n) is 12.8. The molecule has 0 radical (unpaired) electrons. The molecule has 0 aliphatic carbocycles. The molecule has 1 saturated heterocycles. The van der Waals surface area contributed by atoms with Crippen LogP contribution in [0, 0.1) is 11.3 Å². The van der Waals surface area contributed by atoms with Gasteiger partial charge >= 0.3 is 233 Å². The number of anilines is 1. The molecular formula is C31H28IN4O2-. The van der Waals surface area contributed by atoms with Crippen molar-refractivity contribution in [2.45, 2.75) is 25.4 Å². The summed E-state index contributed by atoms with van der Waals surface area (Å²) in [5.41, 5.74) is 6.04. The first kappa shape index (κ1) is 24.8. The van der Waals surface area contributed by atoms with E-state index in [1.54, 1.807) is 0 Å². The number of fused-ring (bicyclic) bond motifs is 2. The van der Waals surface area contributed by atoms with E-state index in [0.717, 1.165) is 51.6 Å². The minimum atomic E-state index is -0.746. The van der Waals surface area contributed by atoms with Crippen LogP contribution in [0.4, 0.5) is 5.69 Å². The Morgan fingerprint density at radius 1 is 1.16 bits per heavy atom. The van der Waals surface area contributed by atoms with Gasteiger partial charge in [-0.05, 0) is 0 Å². The number of halogens is 1. The number of carbonyl (C=O) groups excluding carboxylic acids is 1. The van der Waals surface area contributed by atoms with E-state index < -0.39 is 5.41 Å². The van der Waals surface area contributed by atoms with Gasteiger partial charge in [0, 0.05) is 0 Å². The molecule has 0 bridgehead atoms. The summed E-state index contributed by atoms with van der Waals surface area (Å²) in [5.74, 6) is -0.149.